The fraction of sp³-hybridized carbons (Fsp3) is 0.400. The molecule has 0 saturated carbocycles. The van der Waals surface area contributed by atoms with Crippen LogP contribution in [0.1, 0.15) is 36.8 Å². The summed E-state index contributed by atoms with van der Waals surface area (Å²) in [4.78, 5) is 0. The first-order valence-electron chi connectivity index (χ1n) is 8.63. The molecule has 0 radical (unpaired) electrons. The lowest BCUT2D eigenvalue weighted by molar-refractivity contribution is 0.151. The smallest absolute Gasteiger partial charge is 0.231 e. The second-order valence-electron chi connectivity index (χ2n) is 6.67. The molecule has 0 amide bonds. The first kappa shape index (κ1) is 15.3. The fourth-order valence-corrected chi connectivity index (χ4v) is 3.55. The Morgan fingerprint density at radius 2 is 1.75 bits per heavy atom. The first-order valence-corrected chi connectivity index (χ1v) is 8.63. The van der Waals surface area contributed by atoms with Gasteiger partial charge in [0.2, 0.25) is 6.79 Å². The van der Waals surface area contributed by atoms with Crippen LogP contribution >= 0.6 is 0 Å². The largest absolute Gasteiger partial charge is 0.507 e. The molecule has 0 spiro atoms. The summed E-state index contributed by atoms with van der Waals surface area (Å²) in [5, 5.41) is 20.5. The number of aromatic hydroxyl groups is 1. The van der Waals surface area contributed by atoms with Gasteiger partial charge in [0, 0.05) is 11.1 Å². The maximum Gasteiger partial charge on any atom is 0.231 e. The molecule has 1 aliphatic heterocycles. The van der Waals surface area contributed by atoms with Crippen molar-refractivity contribution in [1.82, 2.24) is 0 Å². The maximum absolute atomic E-state index is 10.4. The minimum absolute atomic E-state index is 0.221. The van der Waals surface area contributed by atoms with E-state index in [1.165, 1.54) is 5.56 Å². The second-order valence-corrected chi connectivity index (χ2v) is 6.67. The summed E-state index contributed by atoms with van der Waals surface area (Å²) < 4.78 is 11.2. The number of hydrogen-bond acceptors (Lipinski definition) is 4. The van der Waals surface area contributed by atoms with Gasteiger partial charge in [0.15, 0.2) is 11.5 Å². The Balaban J connectivity index is 1.84. The standard InChI is InChI=1S/C20H22O4/c21-15-4-2-1-3-14-10-17(20-19(11-14)23-12-24-20)16-9-13(5-7-15)6-8-18(16)22/h6,8-11,15,21-22H,1-5,7,12H2. The molecule has 2 N–H and O–H groups in total. The van der Waals surface area contributed by atoms with Gasteiger partial charge in [0.25, 0.3) is 0 Å². The predicted octanol–water partition coefficient (Wildman–Crippen LogP) is 3.81. The molecule has 4 heteroatoms. The Morgan fingerprint density at radius 3 is 2.67 bits per heavy atom. The molecule has 4 rings (SSSR count). The number of fused-ring (bicyclic) bond motifs is 7. The lowest BCUT2D eigenvalue weighted by Crippen LogP contribution is -2.08. The number of phenolic OH excluding ortho intramolecular Hbond substituents is 1. The minimum Gasteiger partial charge on any atom is -0.507 e. The monoisotopic (exact) mass is 326 g/mol. The topological polar surface area (TPSA) is 58.9 Å². The van der Waals surface area contributed by atoms with Crippen LogP contribution in [0.5, 0.6) is 17.2 Å². The van der Waals surface area contributed by atoms with E-state index in [9.17, 15) is 10.2 Å². The van der Waals surface area contributed by atoms with Crippen LogP contribution in [-0.2, 0) is 12.8 Å². The number of aryl methyl sites for hydroxylation is 2. The second kappa shape index (κ2) is 6.36. The van der Waals surface area contributed by atoms with Crippen molar-refractivity contribution in [3.63, 3.8) is 0 Å². The van der Waals surface area contributed by atoms with Crippen molar-refractivity contribution < 1.29 is 19.7 Å². The molecular weight excluding hydrogens is 304 g/mol. The molecule has 2 aromatic rings. The van der Waals surface area contributed by atoms with Crippen molar-refractivity contribution in [3.05, 3.63) is 41.5 Å². The molecule has 4 nitrogen and oxygen atoms in total. The third kappa shape index (κ3) is 2.94. The van der Waals surface area contributed by atoms with Crippen LogP contribution in [-0.4, -0.2) is 23.1 Å². The number of hydrogen-bond donors (Lipinski definition) is 2. The number of benzene rings is 2. The van der Waals surface area contributed by atoms with Crippen molar-refractivity contribution in [2.24, 2.45) is 0 Å². The molecule has 1 atom stereocenters. The Bertz CT molecular complexity index is 754. The zero-order valence-electron chi connectivity index (χ0n) is 13.6. The highest BCUT2D eigenvalue weighted by Crippen LogP contribution is 2.45. The average molecular weight is 326 g/mol. The Labute approximate surface area is 141 Å². The van der Waals surface area contributed by atoms with Crippen molar-refractivity contribution in [3.8, 4) is 28.4 Å². The molecule has 126 valence electrons. The molecule has 1 heterocycles. The van der Waals surface area contributed by atoms with Gasteiger partial charge < -0.3 is 19.7 Å². The van der Waals surface area contributed by atoms with Crippen LogP contribution in [0.15, 0.2) is 30.3 Å². The van der Waals surface area contributed by atoms with Crippen molar-refractivity contribution >= 4 is 0 Å². The quantitative estimate of drug-likeness (QED) is 0.773. The summed E-state index contributed by atoms with van der Waals surface area (Å²) in [5.74, 6) is 1.70. The molecule has 0 fully saturated rings. The predicted molar refractivity (Wildman–Crippen MR) is 91.5 cm³/mol. The molecule has 0 aromatic heterocycles. The van der Waals surface area contributed by atoms with Gasteiger partial charge in [-0.15, -0.1) is 0 Å². The Hall–Kier alpha value is -2.20. The highest BCUT2D eigenvalue weighted by atomic mass is 16.7. The minimum atomic E-state index is -0.261. The van der Waals surface area contributed by atoms with E-state index in [2.05, 4.69) is 6.07 Å². The summed E-state index contributed by atoms with van der Waals surface area (Å²) in [6.07, 6.45) is 5.09. The van der Waals surface area contributed by atoms with E-state index in [0.717, 1.165) is 61.0 Å². The van der Waals surface area contributed by atoms with Crippen LogP contribution in [0.25, 0.3) is 11.1 Å². The average Bonchev–Trinajstić information content (AvgIpc) is 3.05. The van der Waals surface area contributed by atoms with Crippen LogP contribution in [0.2, 0.25) is 0 Å². The highest BCUT2D eigenvalue weighted by Gasteiger charge is 2.22. The van der Waals surface area contributed by atoms with Gasteiger partial charge in [-0.1, -0.05) is 12.5 Å². The number of rotatable bonds is 0. The summed E-state index contributed by atoms with van der Waals surface area (Å²) >= 11 is 0. The fourth-order valence-electron chi connectivity index (χ4n) is 3.55. The summed E-state index contributed by atoms with van der Waals surface area (Å²) in [5.41, 5.74) is 3.94. The van der Waals surface area contributed by atoms with Gasteiger partial charge >= 0.3 is 0 Å². The lowest BCUT2D eigenvalue weighted by Gasteiger charge is -2.12. The van der Waals surface area contributed by atoms with E-state index < -0.39 is 0 Å². The van der Waals surface area contributed by atoms with Gasteiger partial charge in [-0.3, -0.25) is 0 Å². The Morgan fingerprint density at radius 1 is 0.875 bits per heavy atom. The molecule has 1 unspecified atom stereocenters. The lowest BCUT2D eigenvalue weighted by atomic mass is 9.96. The van der Waals surface area contributed by atoms with Crippen molar-refractivity contribution in [1.29, 1.82) is 0 Å². The summed E-state index contributed by atoms with van der Waals surface area (Å²) in [7, 11) is 0. The molecule has 4 bridgehead atoms. The highest BCUT2D eigenvalue weighted by molar-refractivity contribution is 5.79. The van der Waals surface area contributed by atoms with Crippen LogP contribution in [0.4, 0.5) is 0 Å². The zero-order chi connectivity index (χ0) is 16.5. The molecule has 2 aromatic carbocycles. The maximum atomic E-state index is 10.4. The van der Waals surface area contributed by atoms with Crippen molar-refractivity contribution in [2.75, 3.05) is 6.79 Å². The van der Waals surface area contributed by atoms with E-state index in [1.54, 1.807) is 6.07 Å². The molecule has 24 heavy (non-hydrogen) atoms. The normalized spacial score (nSPS) is 20.0. The third-order valence-corrected chi connectivity index (χ3v) is 4.90. The van der Waals surface area contributed by atoms with Crippen LogP contribution in [0.3, 0.4) is 0 Å². The van der Waals surface area contributed by atoms with E-state index in [1.807, 2.05) is 18.2 Å². The van der Waals surface area contributed by atoms with Gasteiger partial charge in [-0.05, 0) is 67.5 Å². The summed E-state index contributed by atoms with van der Waals surface area (Å²) in [6, 6.07) is 9.78. The van der Waals surface area contributed by atoms with E-state index >= 15 is 0 Å². The number of phenols is 1. The SMILES string of the molecule is Oc1ccc2cc1-c1cc(cc3c1OCO3)CCCCC(O)CC2. The third-order valence-electron chi connectivity index (χ3n) is 4.90. The summed E-state index contributed by atoms with van der Waals surface area (Å²) in [6.45, 7) is 0.221. The van der Waals surface area contributed by atoms with Crippen molar-refractivity contribution in [2.45, 2.75) is 44.6 Å². The number of aliphatic hydroxyl groups is 1. The number of aliphatic hydroxyl groups excluding tert-OH is 1. The van der Waals surface area contributed by atoms with Crippen LogP contribution in [0, 0.1) is 0 Å². The molecule has 0 saturated heterocycles. The van der Waals surface area contributed by atoms with E-state index in [-0.39, 0.29) is 18.6 Å². The first-order chi connectivity index (χ1) is 11.7. The van der Waals surface area contributed by atoms with E-state index in [4.69, 9.17) is 9.47 Å². The Kier molecular flexibility index (Phi) is 4.07. The van der Waals surface area contributed by atoms with Gasteiger partial charge in [0.1, 0.15) is 5.75 Å². The van der Waals surface area contributed by atoms with Gasteiger partial charge in [-0.2, -0.15) is 0 Å². The van der Waals surface area contributed by atoms with Gasteiger partial charge in [-0.25, -0.2) is 0 Å². The number of ether oxygens (including phenoxy) is 2. The van der Waals surface area contributed by atoms with E-state index in [0.29, 0.717) is 5.75 Å². The van der Waals surface area contributed by atoms with Crippen LogP contribution < -0.4 is 9.47 Å². The molecule has 2 aliphatic rings. The molecular formula is C20H22O4. The zero-order valence-corrected chi connectivity index (χ0v) is 13.6. The molecule has 1 aliphatic carbocycles. The van der Waals surface area contributed by atoms with Gasteiger partial charge in [0.05, 0.1) is 6.10 Å².